The second kappa shape index (κ2) is 12.6. The molecule has 0 aromatic carbocycles. The number of ether oxygens (including phenoxy) is 3. The Bertz CT molecular complexity index is 831. The molecule has 0 aromatic rings. The first-order valence-corrected chi connectivity index (χ1v) is 12.7. The molecule has 40 heavy (non-hydrogen) atoms. The number of hydrogen-bond donors (Lipinski definition) is 14. The van der Waals surface area contributed by atoms with E-state index < -0.39 is 122 Å². The molecule has 0 aliphatic carbocycles. The molecule has 3 rings (SSSR count). The molecule has 15 N–H and O–H groups in total. The molecule has 0 aromatic heterocycles. The second-order valence-corrected chi connectivity index (χ2v) is 10.5. The van der Waals surface area contributed by atoms with Crippen molar-refractivity contribution in [3.05, 3.63) is 0 Å². The predicted molar refractivity (Wildman–Crippen MR) is 126 cm³/mol. The molecule has 15 atom stereocenters. The SMILES string of the molecule is CC(=O)N[C@@H]1[C@@H](O)[C@H](O)[C@@H](C(O)(C2O[C@H](CO)[C@@H](O)[C@H](O)[C@@H]2O)C2O[C@H](CO)[C@@H](O)[C@H](O)[C@@H]2O)OC1(O)CCN. The third-order valence-electron chi connectivity index (χ3n) is 7.83. The van der Waals surface area contributed by atoms with Crippen LogP contribution in [0.15, 0.2) is 0 Å². The fourth-order valence-corrected chi connectivity index (χ4v) is 5.67. The monoisotopic (exact) mass is 588 g/mol. The van der Waals surface area contributed by atoms with E-state index in [1.54, 1.807) is 0 Å². The summed E-state index contributed by atoms with van der Waals surface area (Å²) >= 11 is 0. The Labute approximate surface area is 227 Å². The normalized spacial score (nSPS) is 49.8. The van der Waals surface area contributed by atoms with Gasteiger partial charge in [0.1, 0.15) is 85.4 Å². The number of amides is 1. The zero-order valence-electron chi connectivity index (χ0n) is 21.5. The molecule has 3 heterocycles. The van der Waals surface area contributed by atoms with Gasteiger partial charge in [0, 0.05) is 13.3 Å². The average Bonchev–Trinajstić information content (AvgIpc) is 2.90. The van der Waals surface area contributed by atoms with Gasteiger partial charge in [0.05, 0.1) is 13.2 Å². The maximum absolute atomic E-state index is 12.3. The Morgan fingerprint density at radius 3 is 1.57 bits per heavy atom. The van der Waals surface area contributed by atoms with Gasteiger partial charge in [0.2, 0.25) is 5.91 Å². The lowest BCUT2D eigenvalue weighted by atomic mass is 9.70. The highest BCUT2D eigenvalue weighted by Gasteiger charge is 2.69. The number of hydrogen-bond acceptors (Lipinski definition) is 17. The molecule has 3 aliphatic heterocycles. The Kier molecular flexibility index (Phi) is 10.5. The molecule has 0 radical (unpaired) electrons. The van der Waals surface area contributed by atoms with Crippen molar-refractivity contribution in [2.45, 2.75) is 110 Å². The largest absolute Gasteiger partial charge is 0.394 e. The first kappa shape index (κ1) is 33.3. The number of carbonyl (C=O) groups excluding carboxylic acids is 1. The van der Waals surface area contributed by atoms with Crippen LogP contribution >= 0.6 is 0 Å². The highest BCUT2D eigenvalue weighted by molar-refractivity contribution is 5.73. The molecule has 234 valence electrons. The van der Waals surface area contributed by atoms with Crippen molar-refractivity contribution in [3.8, 4) is 0 Å². The van der Waals surface area contributed by atoms with Crippen LogP contribution in [0.3, 0.4) is 0 Å². The fourth-order valence-electron chi connectivity index (χ4n) is 5.67. The van der Waals surface area contributed by atoms with Crippen LogP contribution in [0.2, 0.25) is 0 Å². The summed E-state index contributed by atoms with van der Waals surface area (Å²) in [6.07, 6.45) is -28.0. The van der Waals surface area contributed by atoms with E-state index in [2.05, 4.69) is 5.32 Å². The van der Waals surface area contributed by atoms with E-state index in [-0.39, 0.29) is 6.54 Å². The molecular weight excluding hydrogens is 548 g/mol. The van der Waals surface area contributed by atoms with Gasteiger partial charge in [0.25, 0.3) is 0 Å². The van der Waals surface area contributed by atoms with E-state index in [0.29, 0.717) is 0 Å². The Morgan fingerprint density at radius 2 is 1.20 bits per heavy atom. The van der Waals surface area contributed by atoms with E-state index in [4.69, 9.17) is 19.9 Å². The van der Waals surface area contributed by atoms with Crippen LogP contribution in [0, 0.1) is 0 Å². The number of aliphatic hydroxyl groups is 12. The second-order valence-electron chi connectivity index (χ2n) is 10.5. The third-order valence-corrected chi connectivity index (χ3v) is 7.83. The first-order chi connectivity index (χ1) is 18.6. The van der Waals surface area contributed by atoms with Gasteiger partial charge < -0.3 is 86.5 Å². The Hall–Kier alpha value is -1.17. The topological polar surface area (TPSA) is 326 Å². The van der Waals surface area contributed by atoms with Gasteiger partial charge >= 0.3 is 0 Å². The summed E-state index contributed by atoms with van der Waals surface area (Å²) in [6, 6.07) is -1.74. The molecule has 3 aliphatic rings. The molecule has 3 fully saturated rings. The molecule has 0 bridgehead atoms. The lowest BCUT2D eigenvalue weighted by molar-refractivity contribution is -0.393. The smallest absolute Gasteiger partial charge is 0.217 e. The minimum Gasteiger partial charge on any atom is -0.394 e. The van der Waals surface area contributed by atoms with Crippen LogP contribution < -0.4 is 11.1 Å². The lowest BCUT2D eigenvalue weighted by Crippen LogP contribution is -2.82. The van der Waals surface area contributed by atoms with Crippen molar-refractivity contribution in [2.75, 3.05) is 19.8 Å². The molecule has 1 amide bonds. The molecule has 0 spiro atoms. The third kappa shape index (κ3) is 5.61. The Morgan fingerprint density at radius 1 is 0.775 bits per heavy atom. The van der Waals surface area contributed by atoms with E-state index >= 15 is 0 Å². The maximum atomic E-state index is 12.3. The predicted octanol–water partition coefficient (Wildman–Crippen LogP) is -8.94. The standard InChI is InChI=1S/C22H40N2O16/c1-6(27)24-17-13(32)16(35)20(40-21(17,36)2-3-23)22(37,18-14(33)11(30)9(28)7(4-25)38-18)19-15(34)12(31)10(29)8(5-26)39-19/h7-20,25-26,28-37H,2-5,23H2,1H3,(H,24,27)/t7-,8-,9-,10-,11+,12+,13+,14+,15+,16+,17-,18?,19?,20+,21?,22?/m1/s1. The minimum atomic E-state index is -3.23. The average molecular weight is 589 g/mol. The van der Waals surface area contributed by atoms with Crippen LogP contribution in [0.4, 0.5) is 0 Å². The summed E-state index contributed by atoms with van der Waals surface area (Å²) in [6.45, 7) is -1.26. The number of rotatable bonds is 8. The van der Waals surface area contributed by atoms with Crippen molar-refractivity contribution < 1.29 is 80.3 Å². The molecule has 0 saturated carbocycles. The van der Waals surface area contributed by atoms with E-state index in [9.17, 15) is 66.1 Å². The van der Waals surface area contributed by atoms with Crippen molar-refractivity contribution >= 4 is 5.91 Å². The molecular formula is C22H40N2O16. The Balaban J connectivity index is 2.21. The van der Waals surface area contributed by atoms with Crippen LogP contribution in [-0.4, -0.2) is 184 Å². The number of carbonyl (C=O) groups is 1. The quantitative estimate of drug-likeness (QED) is 0.125. The summed E-state index contributed by atoms with van der Waals surface area (Å²) < 4.78 is 16.6. The summed E-state index contributed by atoms with van der Waals surface area (Å²) in [4.78, 5) is 11.8. The van der Waals surface area contributed by atoms with Gasteiger partial charge in [-0.25, -0.2) is 0 Å². The zero-order valence-corrected chi connectivity index (χ0v) is 21.5. The molecule has 3 unspecified atom stereocenters. The molecule has 3 saturated heterocycles. The van der Waals surface area contributed by atoms with Crippen LogP contribution in [0.1, 0.15) is 13.3 Å². The van der Waals surface area contributed by atoms with Crippen molar-refractivity contribution in [2.24, 2.45) is 5.73 Å². The van der Waals surface area contributed by atoms with Gasteiger partial charge in [-0.1, -0.05) is 0 Å². The van der Waals surface area contributed by atoms with Crippen molar-refractivity contribution in [3.63, 3.8) is 0 Å². The molecule has 18 heteroatoms. The van der Waals surface area contributed by atoms with Crippen LogP contribution in [0.25, 0.3) is 0 Å². The van der Waals surface area contributed by atoms with Gasteiger partial charge in [-0.2, -0.15) is 0 Å². The highest BCUT2D eigenvalue weighted by Crippen LogP contribution is 2.44. The number of aliphatic hydroxyl groups excluding tert-OH is 10. The fraction of sp³-hybridized carbons (Fsp3) is 0.955. The van der Waals surface area contributed by atoms with Gasteiger partial charge in [0.15, 0.2) is 11.4 Å². The van der Waals surface area contributed by atoms with Crippen LogP contribution in [-0.2, 0) is 19.0 Å². The minimum absolute atomic E-state index is 0.333. The van der Waals surface area contributed by atoms with Gasteiger partial charge in [-0.05, 0) is 6.54 Å². The summed E-state index contributed by atoms with van der Waals surface area (Å²) in [5.41, 5.74) is 2.35. The van der Waals surface area contributed by atoms with E-state index in [0.717, 1.165) is 6.92 Å². The summed E-state index contributed by atoms with van der Waals surface area (Å²) in [5.74, 6) is -3.41. The summed E-state index contributed by atoms with van der Waals surface area (Å²) in [5, 5.41) is 130. The summed E-state index contributed by atoms with van der Waals surface area (Å²) in [7, 11) is 0. The number of nitrogens with one attached hydrogen (secondary N) is 1. The molecule has 18 nitrogen and oxygen atoms in total. The van der Waals surface area contributed by atoms with Crippen LogP contribution in [0.5, 0.6) is 0 Å². The highest BCUT2D eigenvalue weighted by atomic mass is 16.7. The van der Waals surface area contributed by atoms with Gasteiger partial charge in [-0.3, -0.25) is 4.79 Å². The zero-order chi connectivity index (χ0) is 30.3. The van der Waals surface area contributed by atoms with E-state index in [1.165, 1.54) is 0 Å². The lowest BCUT2D eigenvalue weighted by Gasteiger charge is -2.59. The van der Waals surface area contributed by atoms with Crippen molar-refractivity contribution in [1.29, 1.82) is 0 Å². The number of nitrogens with two attached hydrogens (primary N) is 1. The van der Waals surface area contributed by atoms with E-state index in [1.807, 2.05) is 0 Å². The first-order valence-electron chi connectivity index (χ1n) is 12.7. The maximum Gasteiger partial charge on any atom is 0.217 e. The van der Waals surface area contributed by atoms with Gasteiger partial charge in [-0.15, -0.1) is 0 Å². The van der Waals surface area contributed by atoms with Crippen molar-refractivity contribution in [1.82, 2.24) is 5.32 Å².